The van der Waals surface area contributed by atoms with Crippen LogP contribution < -0.4 is 9.54 Å². The highest BCUT2D eigenvalue weighted by Crippen LogP contribution is 2.26. The van der Waals surface area contributed by atoms with E-state index in [9.17, 15) is 14.9 Å². The van der Waals surface area contributed by atoms with Crippen LogP contribution in [0.25, 0.3) is 10.2 Å². The third-order valence-corrected chi connectivity index (χ3v) is 5.87. The lowest BCUT2D eigenvalue weighted by Crippen LogP contribution is -2.19. The molecule has 0 unspecified atom stereocenters. The van der Waals surface area contributed by atoms with Crippen LogP contribution in [0.5, 0.6) is 11.5 Å². The van der Waals surface area contributed by atoms with Crippen LogP contribution in [0.2, 0.25) is 0 Å². The van der Waals surface area contributed by atoms with E-state index in [2.05, 4.69) is 4.99 Å². The molecule has 0 radical (unpaired) electrons. The van der Waals surface area contributed by atoms with Crippen molar-refractivity contribution in [1.29, 1.82) is 0 Å². The summed E-state index contributed by atoms with van der Waals surface area (Å²) in [6.07, 6.45) is 0. The zero-order valence-corrected chi connectivity index (χ0v) is 18.7. The van der Waals surface area contributed by atoms with E-state index in [-0.39, 0.29) is 5.69 Å². The Morgan fingerprint density at radius 3 is 2.61 bits per heavy atom. The van der Waals surface area contributed by atoms with Gasteiger partial charge in [0, 0.05) is 25.3 Å². The molecule has 0 spiro atoms. The van der Waals surface area contributed by atoms with Gasteiger partial charge in [0.1, 0.15) is 11.5 Å². The van der Waals surface area contributed by atoms with Crippen molar-refractivity contribution in [2.75, 3.05) is 13.2 Å². The normalized spacial score (nSPS) is 11.6. The van der Waals surface area contributed by atoms with Crippen LogP contribution >= 0.6 is 11.3 Å². The molecule has 4 aromatic rings. The Balaban J connectivity index is 1.75. The van der Waals surface area contributed by atoms with Crippen LogP contribution in [0.4, 0.5) is 5.69 Å². The van der Waals surface area contributed by atoms with E-state index in [1.807, 2.05) is 29.7 Å². The van der Waals surface area contributed by atoms with E-state index in [1.54, 1.807) is 42.5 Å². The van der Waals surface area contributed by atoms with Crippen molar-refractivity contribution >= 4 is 33.1 Å². The second-order valence-corrected chi connectivity index (χ2v) is 7.98. The van der Waals surface area contributed by atoms with E-state index in [0.717, 1.165) is 5.52 Å². The molecule has 33 heavy (non-hydrogen) atoms. The van der Waals surface area contributed by atoms with Gasteiger partial charge in [-0.25, -0.2) is 0 Å². The summed E-state index contributed by atoms with van der Waals surface area (Å²) in [6.45, 7) is 3.34. The lowest BCUT2D eigenvalue weighted by atomic mass is 10.2. The van der Waals surface area contributed by atoms with E-state index < -0.39 is 10.8 Å². The summed E-state index contributed by atoms with van der Waals surface area (Å²) in [4.78, 5) is 28.7. The zero-order valence-electron chi connectivity index (χ0n) is 17.8. The monoisotopic (exact) mass is 463 g/mol. The lowest BCUT2D eigenvalue weighted by molar-refractivity contribution is -0.384. The Morgan fingerprint density at radius 2 is 1.85 bits per heavy atom. The number of carbonyl (C=O) groups excluding carboxylic acids is 1. The van der Waals surface area contributed by atoms with Gasteiger partial charge in [-0.05, 0) is 37.3 Å². The van der Waals surface area contributed by atoms with Crippen molar-refractivity contribution in [2.45, 2.75) is 13.5 Å². The molecule has 1 amide bonds. The van der Waals surface area contributed by atoms with Gasteiger partial charge >= 0.3 is 0 Å². The Bertz CT molecular complexity index is 1360. The van der Waals surface area contributed by atoms with Gasteiger partial charge in [0.2, 0.25) is 0 Å². The molecule has 0 aliphatic rings. The van der Waals surface area contributed by atoms with Crippen LogP contribution in [0, 0.1) is 10.1 Å². The number of carbonyl (C=O) groups is 1. The maximum atomic E-state index is 13.2. The van der Waals surface area contributed by atoms with Crippen LogP contribution in [0.1, 0.15) is 17.3 Å². The summed E-state index contributed by atoms with van der Waals surface area (Å²) >= 11 is 1.22. The second kappa shape index (κ2) is 10.2. The lowest BCUT2D eigenvalue weighted by Gasteiger charge is -2.09. The predicted octanol–water partition coefficient (Wildman–Crippen LogP) is 5.18. The number of nitro benzene ring substituents is 1. The summed E-state index contributed by atoms with van der Waals surface area (Å²) in [6, 6.07) is 20.7. The maximum Gasteiger partial charge on any atom is 0.283 e. The average molecular weight is 464 g/mol. The molecule has 0 saturated carbocycles. The molecule has 8 nitrogen and oxygen atoms in total. The maximum absolute atomic E-state index is 13.2. The number of nitro groups is 1. The van der Waals surface area contributed by atoms with Crippen molar-refractivity contribution in [3.8, 4) is 11.5 Å². The molecular weight excluding hydrogens is 442 g/mol. The van der Waals surface area contributed by atoms with Gasteiger partial charge in [0.25, 0.3) is 11.6 Å². The first-order chi connectivity index (χ1) is 16.1. The summed E-state index contributed by atoms with van der Waals surface area (Å²) in [5, 5.41) is 11.2. The Hall–Kier alpha value is -3.82. The summed E-state index contributed by atoms with van der Waals surface area (Å²) < 4.78 is 13.9. The summed E-state index contributed by atoms with van der Waals surface area (Å²) in [5.41, 5.74) is 1.06. The first-order valence-electron chi connectivity index (χ1n) is 10.3. The van der Waals surface area contributed by atoms with E-state index >= 15 is 0 Å². The summed E-state index contributed by atoms with van der Waals surface area (Å²) in [5.74, 6) is 0.543. The van der Waals surface area contributed by atoms with Gasteiger partial charge in [0.15, 0.2) is 4.80 Å². The number of nitrogens with zero attached hydrogens (tertiary/aromatic N) is 3. The van der Waals surface area contributed by atoms with Crippen molar-refractivity contribution in [1.82, 2.24) is 4.57 Å². The van der Waals surface area contributed by atoms with Crippen molar-refractivity contribution in [3.63, 3.8) is 0 Å². The number of benzene rings is 3. The van der Waals surface area contributed by atoms with Crippen LogP contribution in [-0.2, 0) is 11.3 Å². The Morgan fingerprint density at radius 1 is 1.09 bits per heavy atom. The van der Waals surface area contributed by atoms with Gasteiger partial charge in [-0.2, -0.15) is 4.99 Å². The number of hydrogen-bond donors (Lipinski definition) is 0. The number of hydrogen-bond acceptors (Lipinski definition) is 6. The highest BCUT2D eigenvalue weighted by molar-refractivity contribution is 7.16. The minimum atomic E-state index is -0.465. The number of amides is 1. The minimum Gasteiger partial charge on any atom is -0.457 e. The molecule has 1 heterocycles. The van der Waals surface area contributed by atoms with Gasteiger partial charge in [-0.3, -0.25) is 14.9 Å². The molecule has 0 saturated heterocycles. The molecule has 0 aliphatic heterocycles. The van der Waals surface area contributed by atoms with Gasteiger partial charge in [-0.1, -0.05) is 41.7 Å². The summed E-state index contributed by atoms with van der Waals surface area (Å²) in [7, 11) is 0. The van der Waals surface area contributed by atoms with Crippen molar-refractivity contribution in [2.24, 2.45) is 4.99 Å². The van der Waals surface area contributed by atoms with E-state index in [0.29, 0.717) is 46.3 Å². The topological polar surface area (TPSA) is 96.0 Å². The molecule has 0 fully saturated rings. The van der Waals surface area contributed by atoms with Gasteiger partial charge in [0.05, 0.1) is 27.3 Å². The molecule has 0 N–H and O–H groups in total. The fourth-order valence-electron chi connectivity index (χ4n) is 3.27. The first kappa shape index (κ1) is 22.4. The molecule has 0 bridgehead atoms. The van der Waals surface area contributed by atoms with E-state index in [4.69, 9.17) is 9.47 Å². The number of non-ortho nitro benzene ring substituents is 1. The molecule has 0 aliphatic carbocycles. The quantitative estimate of drug-likeness (QED) is 0.204. The molecule has 4 rings (SSSR count). The number of thiazole rings is 1. The minimum absolute atomic E-state index is 0.0137. The number of rotatable bonds is 8. The zero-order chi connectivity index (χ0) is 23.2. The van der Waals surface area contributed by atoms with Gasteiger partial charge in [-0.15, -0.1) is 0 Å². The number of fused-ring (bicyclic) bond motifs is 1. The molecule has 9 heteroatoms. The predicted molar refractivity (Wildman–Crippen MR) is 126 cm³/mol. The highest BCUT2D eigenvalue weighted by atomic mass is 32.1. The highest BCUT2D eigenvalue weighted by Gasteiger charge is 2.16. The third kappa shape index (κ3) is 5.16. The number of ether oxygens (including phenoxy) is 2. The largest absolute Gasteiger partial charge is 0.457 e. The molecular formula is C24H21N3O5S. The van der Waals surface area contributed by atoms with Crippen LogP contribution in [0.3, 0.4) is 0 Å². The van der Waals surface area contributed by atoms with Gasteiger partial charge < -0.3 is 14.0 Å². The fourth-order valence-corrected chi connectivity index (χ4v) is 4.36. The van der Waals surface area contributed by atoms with Crippen molar-refractivity contribution < 1.29 is 19.2 Å². The smallest absolute Gasteiger partial charge is 0.283 e. The molecule has 1 aromatic heterocycles. The number of aromatic nitrogens is 1. The standard InChI is InChI=1S/C24H21N3O5S/c1-2-31-15-14-26-20-13-12-17(27(29)30)16-22(20)33-24(26)25-23(28)19-10-6-7-11-21(19)32-18-8-4-3-5-9-18/h3-13,16H,2,14-15H2,1H3. The average Bonchev–Trinajstić information content (AvgIpc) is 3.16. The Labute approximate surface area is 193 Å². The molecule has 0 atom stereocenters. The molecule has 168 valence electrons. The third-order valence-electron chi connectivity index (χ3n) is 4.83. The first-order valence-corrected chi connectivity index (χ1v) is 11.1. The van der Waals surface area contributed by atoms with E-state index in [1.165, 1.54) is 23.5 Å². The Kier molecular flexibility index (Phi) is 6.92. The molecule has 3 aromatic carbocycles. The second-order valence-electron chi connectivity index (χ2n) is 6.97. The SMILES string of the molecule is CCOCCn1c(=NC(=O)c2ccccc2Oc2ccccc2)sc2cc([N+](=O)[O-])ccc21. The van der Waals surface area contributed by atoms with Crippen molar-refractivity contribution in [3.05, 3.63) is 93.3 Å². The number of para-hydroxylation sites is 2. The fraction of sp³-hybridized carbons (Fsp3) is 0.167. The van der Waals surface area contributed by atoms with Crippen LogP contribution in [0.15, 0.2) is 77.8 Å². The van der Waals surface area contributed by atoms with Crippen LogP contribution in [-0.4, -0.2) is 28.6 Å².